The molecule has 0 spiro atoms. The normalized spacial score (nSPS) is 10.1. The predicted octanol–water partition coefficient (Wildman–Crippen LogP) is 8.52. The second kappa shape index (κ2) is 39.8. The maximum Gasteiger partial charge on any atom is 0.327 e. The largest absolute Gasteiger partial charge is 0.478 e. The van der Waals surface area contributed by atoms with E-state index in [9.17, 15) is 9.59 Å². The summed E-state index contributed by atoms with van der Waals surface area (Å²) >= 11 is 0. The fourth-order valence-corrected chi connectivity index (χ4v) is 3.90. The van der Waals surface area contributed by atoms with Crippen molar-refractivity contribution in [2.45, 2.75) is 142 Å². The van der Waals surface area contributed by atoms with Crippen molar-refractivity contribution in [1.82, 2.24) is 10.6 Å². The van der Waals surface area contributed by atoms with Gasteiger partial charge in [-0.15, -0.1) is 0 Å². The minimum atomic E-state index is -0.981. The van der Waals surface area contributed by atoms with Gasteiger partial charge in [-0.2, -0.15) is 0 Å². The van der Waals surface area contributed by atoms with Crippen LogP contribution in [0.25, 0.3) is 0 Å². The van der Waals surface area contributed by atoms with Crippen LogP contribution in [0.1, 0.15) is 142 Å². The Balaban J connectivity index is -0.00000103. The molecule has 0 amide bonds. The second-order valence-electron chi connectivity index (χ2n) is 9.95. The molecule has 4 N–H and O–H groups in total. The zero-order chi connectivity index (χ0) is 29.0. The summed E-state index contributed by atoms with van der Waals surface area (Å²) in [6.07, 6.45) is 30.2. The van der Waals surface area contributed by atoms with Crippen LogP contribution >= 0.6 is 0 Å². The Morgan fingerprint density at radius 2 is 0.684 bits per heavy atom. The van der Waals surface area contributed by atoms with Crippen molar-refractivity contribution in [2.24, 2.45) is 0 Å². The molecular weight excluding hydrogens is 476 g/mol. The number of nitrogens with one attached hydrogen (secondary N) is 2. The third-order valence-corrected chi connectivity index (χ3v) is 6.24. The summed E-state index contributed by atoms with van der Waals surface area (Å²) in [6.45, 7) is 15.2. The van der Waals surface area contributed by atoms with Crippen molar-refractivity contribution in [3.8, 4) is 0 Å². The first-order chi connectivity index (χ1) is 18.5. The van der Waals surface area contributed by atoms with E-state index in [4.69, 9.17) is 10.2 Å². The van der Waals surface area contributed by atoms with Crippen LogP contribution < -0.4 is 10.6 Å². The number of carboxylic acid groups (broad SMARTS) is 2. The Morgan fingerprint density at radius 3 is 0.895 bits per heavy atom. The number of rotatable bonds is 27. The fraction of sp³-hybridized carbons (Fsp3) is 0.812. The summed E-state index contributed by atoms with van der Waals surface area (Å²) < 4.78 is 0. The zero-order valence-corrected chi connectivity index (χ0v) is 25.3. The summed E-state index contributed by atoms with van der Waals surface area (Å²) in [5.74, 6) is -1.96. The minimum absolute atomic E-state index is 0.833. The van der Waals surface area contributed by atoms with Gasteiger partial charge in [-0.25, -0.2) is 9.59 Å². The molecule has 0 saturated carbocycles. The Kier molecular flexibility index (Phi) is 42.8. The van der Waals surface area contributed by atoms with Crippen molar-refractivity contribution >= 4 is 11.9 Å². The number of hydrogen-bond donors (Lipinski definition) is 4. The molecule has 0 aliphatic carbocycles. The molecule has 0 unspecified atom stereocenters. The maximum absolute atomic E-state index is 9.25. The molecule has 0 aromatic heterocycles. The maximum atomic E-state index is 9.25. The van der Waals surface area contributed by atoms with Gasteiger partial charge in [0.1, 0.15) is 0 Å². The molecule has 0 aromatic carbocycles. The molecular formula is C32H64N2O4. The van der Waals surface area contributed by atoms with Crippen LogP contribution in [0.3, 0.4) is 0 Å². The summed E-state index contributed by atoms with van der Waals surface area (Å²) in [6, 6.07) is 0. The Morgan fingerprint density at radius 1 is 0.474 bits per heavy atom. The molecule has 0 aromatic rings. The van der Waals surface area contributed by atoms with Crippen molar-refractivity contribution in [2.75, 3.05) is 26.2 Å². The number of hydrogen-bond acceptors (Lipinski definition) is 4. The van der Waals surface area contributed by atoms with Gasteiger partial charge in [-0.05, 0) is 25.9 Å². The molecule has 0 bridgehead atoms. The molecule has 226 valence electrons. The topological polar surface area (TPSA) is 98.7 Å². The van der Waals surface area contributed by atoms with E-state index < -0.39 is 11.9 Å². The first-order valence-electron chi connectivity index (χ1n) is 15.6. The minimum Gasteiger partial charge on any atom is -0.478 e. The molecule has 0 atom stereocenters. The van der Waals surface area contributed by atoms with Crippen LogP contribution in [-0.2, 0) is 9.59 Å². The SMILES string of the molecule is C=CC(=O)O.C=CC(=O)O.CCCCCCCCCCCCNCCNCCCCCCCCCCCC. The zero-order valence-electron chi connectivity index (χ0n) is 25.3. The van der Waals surface area contributed by atoms with E-state index >= 15 is 0 Å². The van der Waals surface area contributed by atoms with Gasteiger partial charge in [0.15, 0.2) is 0 Å². The van der Waals surface area contributed by atoms with E-state index in [1.807, 2.05) is 0 Å². The Labute approximate surface area is 236 Å². The van der Waals surface area contributed by atoms with Crippen LogP contribution in [0.5, 0.6) is 0 Å². The number of carboxylic acids is 2. The van der Waals surface area contributed by atoms with E-state index in [0.717, 1.165) is 25.2 Å². The lowest BCUT2D eigenvalue weighted by molar-refractivity contribution is -0.132. The summed E-state index contributed by atoms with van der Waals surface area (Å²) in [7, 11) is 0. The van der Waals surface area contributed by atoms with Crippen molar-refractivity contribution in [1.29, 1.82) is 0 Å². The first kappa shape index (κ1) is 40.8. The first-order valence-corrected chi connectivity index (χ1v) is 15.6. The van der Waals surface area contributed by atoms with Gasteiger partial charge in [0.25, 0.3) is 0 Å². The van der Waals surface area contributed by atoms with Crippen molar-refractivity contribution < 1.29 is 19.8 Å². The van der Waals surface area contributed by atoms with E-state index in [0.29, 0.717) is 0 Å². The van der Waals surface area contributed by atoms with E-state index in [1.54, 1.807) is 0 Å². The number of carbonyl (C=O) groups is 2. The lowest BCUT2D eigenvalue weighted by Crippen LogP contribution is -2.28. The predicted molar refractivity (Wildman–Crippen MR) is 165 cm³/mol. The molecule has 0 rings (SSSR count). The monoisotopic (exact) mass is 540 g/mol. The molecule has 6 nitrogen and oxygen atoms in total. The standard InChI is InChI=1S/C26H56N2.2C3H4O2/c1-3-5-7-9-11-13-15-17-19-21-23-27-25-26-28-24-22-20-18-16-14-12-10-8-6-4-2;2*1-2-3(4)5/h27-28H,3-26H2,1-2H3;2*2H,1H2,(H,4,5). The Hall–Kier alpha value is -1.66. The van der Waals surface area contributed by atoms with Gasteiger partial charge in [0.05, 0.1) is 0 Å². The molecule has 0 radical (unpaired) electrons. The molecule has 0 fully saturated rings. The lowest BCUT2D eigenvalue weighted by atomic mass is 10.1. The molecule has 0 saturated heterocycles. The van der Waals surface area contributed by atoms with Crippen LogP contribution in [0.2, 0.25) is 0 Å². The van der Waals surface area contributed by atoms with Crippen molar-refractivity contribution in [3.05, 3.63) is 25.3 Å². The molecule has 0 aliphatic rings. The highest BCUT2D eigenvalue weighted by Crippen LogP contribution is 2.11. The van der Waals surface area contributed by atoms with Gasteiger partial charge in [0, 0.05) is 25.2 Å². The van der Waals surface area contributed by atoms with Gasteiger partial charge >= 0.3 is 11.9 Å². The highest BCUT2D eigenvalue weighted by molar-refractivity contribution is 5.79. The third kappa shape index (κ3) is 51.1. The molecule has 38 heavy (non-hydrogen) atoms. The van der Waals surface area contributed by atoms with E-state index in [-0.39, 0.29) is 0 Å². The number of unbranched alkanes of at least 4 members (excludes halogenated alkanes) is 18. The van der Waals surface area contributed by atoms with Crippen LogP contribution in [0, 0.1) is 0 Å². The average Bonchev–Trinajstić information content (AvgIpc) is 2.91. The Bertz CT molecular complexity index is 454. The van der Waals surface area contributed by atoms with Crippen LogP contribution in [0.4, 0.5) is 0 Å². The van der Waals surface area contributed by atoms with Crippen molar-refractivity contribution in [3.63, 3.8) is 0 Å². The van der Waals surface area contributed by atoms with Crippen LogP contribution in [0.15, 0.2) is 25.3 Å². The van der Waals surface area contributed by atoms with E-state index in [2.05, 4.69) is 37.6 Å². The fourth-order valence-electron chi connectivity index (χ4n) is 3.90. The molecule has 0 aliphatic heterocycles. The molecule has 0 heterocycles. The average molecular weight is 541 g/mol. The third-order valence-electron chi connectivity index (χ3n) is 6.24. The van der Waals surface area contributed by atoms with Gasteiger partial charge < -0.3 is 20.8 Å². The van der Waals surface area contributed by atoms with Gasteiger partial charge in [-0.1, -0.05) is 143 Å². The van der Waals surface area contributed by atoms with Gasteiger partial charge in [-0.3, -0.25) is 0 Å². The smallest absolute Gasteiger partial charge is 0.327 e. The van der Waals surface area contributed by atoms with Gasteiger partial charge in [0.2, 0.25) is 0 Å². The van der Waals surface area contributed by atoms with Crippen LogP contribution in [-0.4, -0.2) is 48.3 Å². The lowest BCUT2D eigenvalue weighted by Gasteiger charge is -2.07. The quantitative estimate of drug-likeness (QED) is 0.0615. The highest BCUT2D eigenvalue weighted by Gasteiger charge is 1.95. The molecule has 6 heteroatoms. The second-order valence-corrected chi connectivity index (χ2v) is 9.95. The summed E-state index contributed by atoms with van der Waals surface area (Å²) in [5.41, 5.74) is 0. The summed E-state index contributed by atoms with van der Waals surface area (Å²) in [4.78, 5) is 18.5. The van der Waals surface area contributed by atoms with E-state index in [1.165, 1.54) is 142 Å². The highest BCUT2D eigenvalue weighted by atomic mass is 16.4. The number of aliphatic carboxylic acids is 2. The summed E-state index contributed by atoms with van der Waals surface area (Å²) in [5, 5.41) is 22.4.